The van der Waals surface area contributed by atoms with Crippen molar-refractivity contribution in [3.8, 4) is 0 Å². The predicted molar refractivity (Wildman–Crippen MR) is 82.5 cm³/mol. The van der Waals surface area contributed by atoms with Crippen LogP contribution in [0.5, 0.6) is 0 Å². The number of rotatable bonds is 6. The topological polar surface area (TPSA) is 46.6 Å². The van der Waals surface area contributed by atoms with Gasteiger partial charge in [0.1, 0.15) is 0 Å². The minimum Gasteiger partial charge on any atom is -0.466 e. The van der Waals surface area contributed by atoms with Gasteiger partial charge in [-0.3, -0.25) is 9.59 Å². The lowest BCUT2D eigenvalue weighted by Crippen LogP contribution is -2.30. The van der Waals surface area contributed by atoms with E-state index in [9.17, 15) is 9.59 Å². The molecule has 0 N–H and O–H groups in total. The van der Waals surface area contributed by atoms with Crippen LogP contribution in [0.25, 0.3) is 0 Å². The number of hydrogen-bond donors (Lipinski definition) is 0. The first-order chi connectivity index (χ1) is 10.2. The molecule has 0 bridgehead atoms. The molecule has 4 heteroatoms. The molecule has 0 saturated heterocycles. The molecule has 0 unspecified atom stereocenters. The molecule has 0 spiro atoms. The van der Waals surface area contributed by atoms with Crippen molar-refractivity contribution in [3.05, 3.63) is 29.8 Å². The van der Waals surface area contributed by atoms with Crippen LogP contribution >= 0.6 is 0 Å². The highest BCUT2D eigenvalue weighted by molar-refractivity contribution is 5.86. The van der Waals surface area contributed by atoms with Gasteiger partial charge in [0.05, 0.1) is 19.6 Å². The second-order valence-electron chi connectivity index (χ2n) is 5.35. The van der Waals surface area contributed by atoms with Crippen LogP contribution < -0.4 is 4.90 Å². The Morgan fingerprint density at radius 1 is 1.19 bits per heavy atom. The Morgan fingerprint density at radius 2 is 2.00 bits per heavy atom. The first kappa shape index (κ1) is 15.5. The highest BCUT2D eigenvalue weighted by Crippen LogP contribution is 2.25. The van der Waals surface area contributed by atoms with E-state index in [0.29, 0.717) is 13.2 Å². The molecule has 1 aliphatic rings. The summed E-state index contributed by atoms with van der Waals surface area (Å²) < 4.78 is 4.85. The van der Waals surface area contributed by atoms with Crippen LogP contribution in [0.1, 0.15) is 38.2 Å². The number of carbonyl (C=O) groups is 2. The molecule has 0 radical (unpaired) electrons. The predicted octanol–water partition coefficient (Wildman–Crippen LogP) is 2.74. The molecule has 0 atom stereocenters. The van der Waals surface area contributed by atoms with Gasteiger partial charge in [0.15, 0.2) is 5.78 Å². The Labute approximate surface area is 126 Å². The number of ether oxygens (including phenoxy) is 1. The van der Waals surface area contributed by atoms with Crippen molar-refractivity contribution >= 4 is 17.4 Å². The average Bonchev–Trinajstić information content (AvgIpc) is 2.68. The molecule has 4 nitrogen and oxygen atoms in total. The Hall–Kier alpha value is -1.84. The highest BCUT2D eigenvalue weighted by Gasteiger charge is 2.17. The van der Waals surface area contributed by atoms with Crippen molar-refractivity contribution in [1.82, 2.24) is 0 Å². The van der Waals surface area contributed by atoms with E-state index in [0.717, 1.165) is 25.8 Å². The fourth-order valence-corrected chi connectivity index (χ4v) is 2.70. The zero-order valence-corrected chi connectivity index (χ0v) is 12.6. The zero-order valence-electron chi connectivity index (χ0n) is 12.6. The number of ketones is 1. The van der Waals surface area contributed by atoms with E-state index < -0.39 is 0 Å². The lowest BCUT2D eigenvalue weighted by Gasteiger charge is -2.24. The van der Waals surface area contributed by atoms with Crippen LogP contribution in [0.3, 0.4) is 0 Å². The van der Waals surface area contributed by atoms with Gasteiger partial charge in [-0.1, -0.05) is 18.2 Å². The van der Waals surface area contributed by atoms with Gasteiger partial charge in [-0.25, -0.2) is 0 Å². The maximum atomic E-state index is 12.1. The highest BCUT2D eigenvalue weighted by atomic mass is 16.5. The summed E-state index contributed by atoms with van der Waals surface area (Å²) in [6, 6.07) is 8.28. The van der Waals surface area contributed by atoms with E-state index >= 15 is 0 Å². The Bertz CT molecular complexity index is 499. The normalized spacial score (nSPS) is 14.2. The molecule has 2 rings (SSSR count). The molecule has 1 aromatic carbocycles. The minimum absolute atomic E-state index is 0.0970. The molecule has 0 aromatic heterocycles. The SMILES string of the molecule is CCOC(=O)CCC(=O)CN1CCCCc2ccccc21. The standard InChI is InChI=1S/C17H23NO3/c1-2-21-17(20)11-10-15(19)13-18-12-6-5-8-14-7-3-4-9-16(14)18/h3-4,7,9H,2,5-6,8,10-13H2,1H3. The smallest absolute Gasteiger partial charge is 0.306 e. The van der Waals surface area contributed by atoms with Crippen LogP contribution in [-0.4, -0.2) is 31.4 Å². The number of Topliss-reactive ketones (excluding diaryl/α,β-unsaturated/α-hetero) is 1. The van der Waals surface area contributed by atoms with Gasteiger partial charge in [-0.15, -0.1) is 0 Å². The largest absolute Gasteiger partial charge is 0.466 e. The van der Waals surface area contributed by atoms with Crippen LogP contribution in [0.2, 0.25) is 0 Å². The van der Waals surface area contributed by atoms with Gasteiger partial charge in [0, 0.05) is 18.7 Å². The number of aryl methyl sites for hydroxylation is 1. The molecular formula is C17H23NO3. The quantitative estimate of drug-likeness (QED) is 0.755. The second-order valence-corrected chi connectivity index (χ2v) is 5.35. The van der Waals surface area contributed by atoms with Crippen molar-refractivity contribution in [3.63, 3.8) is 0 Å². The lowest BCUT2D eigenvalue weighted by atomic mass is 10.1. The van der Waals surface area contributed by atoms with Crippen molar-refractivity contribution in [2.24, 2.45) is 0 Å². The number of fused-ring (bicyclic) bond motifs is 1. The Kier molecular flexibility index (Phi) is 5.78. The Balaban J connectivity index is 1.93. The van der Waals surface area contributed by atoms with E-state index in [-0.39, 0.29) is 24.6 Å². The van der Waals surface area contributed by atoms with Gasteiger partial charge in [-0.2, -0.15) is 0 Å². The fourth-order valence-electron chi connectivity index (χ4n) is 2.70. The number of esters is 1. The number of nitrogens with zero attached hydrogens (tertiary/aromatic N) is 1. The van der Waals surface area contributed by atoms with Gasteiger partial charge in [-0.05, 0) is 37.8 Å². The van der Waals surface area contributed by atoms with Crippen LogP contribution in [0.15, 0.2) is 24.3 Å². The molecular weight excluding hydrogens is 266 g/mol. The van der Waals surface area contributed by atoms with Crippen LogP contribution in [0, 0.1) is 0 Å². The van der Waals surface area contributed by atoms with E-state index in [1.165, 1.54) is 11.3 Å². The monoisotopic (exact) mass is 289 g/mol. The van der Waals surface area contributed by atoms with Crippen molar-refractivity contribution in [2.45, 2.75) is 39.0 Å². The summed E-state index contributed by atoms with van der Waals surface area (Å²) in [5, 5.41) is 0. The van der Waals surface area contributed by atoms with Crippen molar-refractivity contribution in [1.29, 1.82) is 0 Å². The van der Waals surface area contributed by atoms with Crippen LogP contribution in [-0.2, 0) is 20.7 Å². The van der Waals surface area contributed by atoms with E-state index in [1.807, 2.05) is 12.1 Å². The fraction of sp³-hybridized carbons (Fsp3) is 0.529. The number of hydrogen-bond acceptors (Lipinski definition) is 4. The second kappa shape index (κ2) is 7.81. The van der Waals surface area contributed by atoms with Gasteiger partial charge < -0.3 is 9.64 Å². The summed E-state index contributed by atoms with van der Waals surface area (Å²) in [4.78, 5) is 25.5. The molecule has 1 aliphatic heterocycles. The van der Waals surface area contributed by atoms with Crippen LogP contribution in [0.4, 0.5) is 5.69 Å². The molecule has 1 heterocycles. The third kappa shape index (κ3) is 4.59. The molecule has 21 heavy (non-hydrogen) atoms. The minimum atomic E-state index is -0.290. The molecule has 114 valence electrons. The lowest BCUT2D eigenvalue weighted by molar-refractivity contribution is -0.144. The van der Waals surface area contributed by atoms with Crippen molar-refractivity contribution in [2.75, 3.05) is 24.6 Å². The maximum Gasteiger partial charge on any atom is 0.306 e. The molecule has 0 aliphatic carbocycles. The number of para-hydroxylation sites is 1. The summed E-state index contributed by atoms with van der Waals surface area (Å²) >= 11 is 0. The van der Waals surface area contributed by atoms with Gasteiger partial charge in [0.2, 0.25) is 0 Å². The number of anilines is 1. The molecule has 0 saturated carbocycles. The molecule has 1 aromatic rings. The number of carbonyl (C=O) groups excluding carboxylic acids is 2. The summed E-state index contributed by atoms with van der Waals surface area (Å²) in [5.74, 6) is -0.193. The first-order valence-electron chi connectivity index (χ1n) is 7.71. The van der Waals surface area contributed by atoms with Gasteiger partial charge in [0.25, 0.3) is 0 Å². The first-order valence-corrected chi connectivity index (χ1v) is 7.71. The third-order valence-electron chi connectivity index (χ3n) is 3.74. The summed E-state index contributed by atoms with van der Waals surface area (Å²) in [7, 11) is 0. The summed E-state index contributed by atoms with van der Waals surface area (Å²) in [6.07, 6.45) is 3.77. The van der Waals surface area contributed by atoms with E-state index in [2.05, 4.69) is 17.0 Å². The maximum absolute atomic E-state index is 12.1. The summed E-state index contributed by atoms with van der Waals surface area (Å²) in [6.45, 7) is 3.43. The van der Waals surface area contributed by atoms with Gasteiger partial charge >= 0.3 is 5.97 Å². The van der Waals surface area contributed by atoms with E-state index in [4.69, 9.17) is 4.74 Å². The Morgan fingerprint density at radius 3 is 2.81 bits per heavy atom. The third-order valence-corrected chi connectivity index (χ3v) is 3.74. The van der Waals surface area contributed by atoms with Crippen molar-refractivity contribution < 1.29 is 14.3 Å². The molecule has 0 amide bonds. The summed E-state index contributed by atoms with van der Waals surface area (Å²) in [5.41, 5.74) is 2.48. The average molecular weight is 289 g/mol. The van der Waals surface area contributed by atoms with E-state index in [1.54, 1.807) is 6.92 Å². The zero-order chi connectivity index (χ0) is 15.1. The number of benzene rings is 1. The molecule has 0 fully saturated rings.